The van der Waals surface area contributed by atoms with Crippen molar-refractivity contribution in [2.45, 2.75) is 18.9 Å². The maximum absolute atomic E-state index is 12.4. The van der Waals surface area contributed by atoms with E-state index in [1.807, 2.05) is 0 Å². The first-order valence-corrected chi connectivity index (χ1v) is 9.58. The van der Waals surface area contributed by atoms with Gasteiger partial charge in [0, 0.05) is 15.5 Å². The molecule has 2 N–H and O–H groups in total. The first kappa shape index (κ1) is 17.2. The first-order chi connectivity index (χ1) is 11.8. The van der Waals surface area contributed by atoms with Gasteiger partial charge in [-0.25, -0.2) is 4.98 Å². The van der Waals surface area contributed by atoms with Crippen LogP contribution in [0.4, 0.5) is 10.8 Å². The van der Waals surface area contributed by atoms with Crippen molar-refractivity contribution in [1.29, 1.82) is 0 Å². The van der Waals surface area contributed by atoms with E-state index in [0.717, 1.165) is 0 Å². The molecule has 0 aliphatic heterocycles. The zero-order valence-corrected chi connectivity index (χ0v) is 15.1. The number of aryl methyl sites for hydroxylation is 1. The van der Waals surface area contributed by atoms with Crippen molar-refractivity contribution in [2.75, 3.05) is 10.0 Å². The third-order valence-corrected chi connectivity index (χ3v) is 5.52. The average molecular weight is 381 g/mol. The van der Waals surface area contributed by atoms with E-state index in [0.29, 0.717) is 27.2 Å². The van der Waals surface area contributed by atoms with Crippen LogP contribution in [-0.4, -0.2) is 19.3 Å². The van der Waals surface area contributed by atoms with Gasteiger partial charge in [0.2, 0.25) is 11.0 Å². The number of hydrogen-bond acceptors (Lipinski definition) is 6. The molecule has 0 fully saturated rings. The molecular weight excluding hydrogens is 362 g/mol. The number of carbonyl (C=O) groups is 1. The Kier molecular flexibility index (Phi) is 4.60. The number of hydrogen-bond donors (Lipinski definition) is 2. The molecule has 0 saturated carbocycles. The molecule has 9 heteroatoms. The molecule has 0 aliphatic carbocycles. The summed E-state index contributed by atoms with van der Waals surface area (Å²) in [4.78, 5) is 16.0. The molecule has 1 aromatic carbocycles. The molecule has 134 valence electrons. The molecule has 0 bridgehead atoms. The molecule has 0 radical (unpaired) electrons. The molecule has 2 aromatic heterocycles. The van der Waals surface area contributed by atoms with Gasteiger partial charge in [-0.2, -0.15) is 8.42 Å². The fraction of sp³-hybridized carbons (Fsp3) is 0.125. The van der Waals surface area contributed by atoms with Crippen molar-refractivity contribution in [3.05, 3.63) is 48.2 Å². The molecule has 0 aliphatic rings. The number of amides is 1. The Hall–Kier alpha value is -2.65. The summed E-state index contributed by atoms with van der Waals surface area (Å²) in [5, 5.41) is 2.84. The summed E-state index contributed by atoms with van der Waals surface area (Å²) in [6, 6.07) is 11.5. The minimum Gasteiger partial charge on any atom is -0.442 e. The average Bonchev–Trinajstić information content (AvgIpc) is 3.14. The van der Waals surface area contributed by atoms with Gasteiger partial charge < -0.3 is 9.73 Å². The number of rotatable bonds is 5. The topological polar surface area (TPSA) is 101 Å². The Bertz CT molecular complexity index is 1020. The van der Waals surface area contributed by atoms with E-state index >= 15 is 0 Å². The van der Waals surface area contributed by atoms with Crippen LogP contribution in [0, 0.1) is 6.92 Å². The van der Waals surface area contributed by atoms with E-state index < -0.39 is 10.0 Å². The van der Waals surface area contributed by atoms with Gasteiger partial charge in [-0.15, -0.1) is 0 Å². The Morgan fingerprint density at radius 3 is 2.60 bits per heavy atom. The summed E-state index contributed by atoms with van der Waals surface area (Å²) >= 11 is 1.22. The maximum atomic E-state index is 12.4. The van der Waals surface area contributed by atoms with Gasteiger partial charge in [0.25, 0.3) is 10.0 Å². The van der Waals surface area contributed by atoms with Gasteiger partial charge in [-0.1, -0.05) is 29.5 Å². The fourth-order valence-corrected chi connectivity index (χ4v) is 4.10. The van der Waals surface area contributed by atoms with Crippen LogP contribution in [0.25, 0.3) is 10.6 Å². The van der Waals surface area contributed by atoms with E-state index in [-0.39, 0.29) is 13.9 Å². The summed E-state index contributed by atoms with van der Waals surface area (Å²) in [6.45, 7) is 3.15. The fourth-order valence-electron chi connectivity index (χ4n) is 2.13. The summed E-state index contributed by atoms with van der Waals surface area (Å²) in [5.41, 5.74) is 1.09. The third kappa shape index (κ3) is 3.89. The molecule has 7 nitrogen and oxygen atoms in total. The number of para-hydroxylation sites is 1. The highest BCUT2D eigenvalue weighted by Gasteiger charge is 2.21. The van der Waals surface area contributed by atoms with Gasteiger partial charge in [0.05, 0.1) is 10.6 Å². The Morgan fingerprint density at radius 1 is 1.20 bits per heavy atom. The molecule has 0 atom stereocenters. The van der Waals surface area contributed by atoms with Crippen molar-refractivity contribution in [3.8, 4) is 10.6 Å². The molecule has 25 heavy (non-hydrogen) atoms. The van der Waals surface area contributed by atoms with Crippen LogP contribution in [0.5, 0.6) is 0 Å². The van der Waals surface area contributed by atoms with Crippen molar-refractivity contribution in [3.63, 3.8) is 0 Å². The predicted molar refractivity (Wildman–Crippen MR) is 100 cm³/mol. The predicted octanol–water partition coefficient (Wildman–Crippen LogP) is 3.96. The smallest absolute Gasteiger partial charge is 0.295 e. The second kappa shape index (κ2) is 6.69. The number of aromatic nitrogens is 1. The van der Waals surface area contributed by atoms with Gasteiger partial charge in [-0.05, 0) is 31.2 Å². The lowest BCUT2D eigenvalue weighted by Gasteiger charge is -2.04. The lowest BCUT2D eigenvalue weighted by atomic mass is 10.3. The van der Waals surface area contributed by atoms with E-state index in [1.54, 1.807) is 43.3 Å². The first-order valence-electron chi connectivity index (χ1n) is 7.28. The van der Waals surface area contributed by atoms with E-state index in [9.17, 15) is 13.2 Å². The van der Waals surface area contributed by atoms with Crippen LogP contribution in [0.15, 0.2) is 52.0 Å². The lowest BCUT2D eigenvalue weighted by molar-refractivity contribution is -0.114. The van der Waals surface area contributed by atoms with E-state index in [4.69, 9.17) is 4.42 Å². The summed E-state index contributed by atoms with van der Waals surface area (Å²) in [6.07, 6.45) is 0. The summed E-state index contributed by atoms with van der Waals surface area (Å²) in [5.74, 6) is 0.148. The van der Waals surface area contributed by atoms with Crippen LogP contribution in [0.2, 0.25) is 0 Å². The number of sulfonamides is 1. The second-order valence-electron chi connectivity index (χ2n) is 5.20. The quantitative estimate of drug-likeness (QED) is 0.696. The number of anilines is 2. The van der Waals surface area contributed by atoms with Crippen LogP contribution in [0.1, 0.15) is 15.5 Å². The van der Waals surface area contributed by atoms with Crippen LogP contribution in [0.3, 0.4) is 0 Å². The number of nitrogens with one attached hydrogen (secondary N) is 2. The standard InChI is InChI=1S/C16H15N3O4S2.2H2/c1-10-15(24-16(17-10)18-11(2)20)13-8-9-14(23-13)25(21,22)19-12-6-4-3-5-7-12;;/h3-9,19H,1-2H3,(H,17,18,20);2*1H. The van der Waals surface area contributed by atoms with Gasteiger partial charge in [0.1, 0.15) is 5.76 Å². The highest BCUT2D eigenvalue weighted by atomic mass is 32.2. The molecule has 2 heterocycles. The Balaban J connectivity index is 0.00000182. The summed E-state index contributed by atoms with van der Waals surface area (Å²) in [7, 11) is -3.83. The van der Waals surface area contributed by atoms with Gasteiger partial charge >= 0.3 is 0 Å². The Labute approximate surface area is 151 Å². The molecule has 3 rings (SSSR count). The van der Waals surface area contributed by atoms with Crippen LogP contribution < -0.4 is 10.0 Å². The number of carbonyl (C=O) groups excluding carboxylic acids is 1. The zero-order chi connectivity index (χ0) is 18.0. The molecular formula is C16H19N3O4S2. The van der Waals surface area contributed by atoms with Gasteiger partial charge in [0.15, 0.2) is 5.13 Å². The number of nitrogens with zero attached hydrogens (tertiary/aromatic N) is 1. The zero-order valence-electron chi connectivity index (χ0n) is 13.4. The maximum Gasteiger partial charge on any atom is 0.295 e. The van der Waals surface area contributed by atoms with Crippen LogP contribution in [-0.2, 0) is 14.8 Å². The third-order valence-electron chi connectivity index (χ3n) is 3.18. The van der Waals surface area contributed by atoms with Gasteiger partial charge in [-0.3, -0.25) is 9.52 Å². The normalized spacial score (nSPS) is 11.3. The number of furan rings is 1. The lowest BCUT2D eigenvalue weighted by Crippen LogP contribution is -2.11. The molecule has 0 unspecified atom stereocenters. The highest BCUT2D eigenvalue weighted by Crippen LogP contribution is 2.34. The van der Waals surface area contributed by atoms with Crippen molar-refractivity contribution < 1.29 is 20.5 Å². The number of benzene rings is 1. The largest absolute Gasteiger partial charge is 0.442 e. The molecule has 3 aromatic rings. The molecule has 0 spiro atoms. The highest BCUT2D eigenvalue weighted by molar-refractivity contribution is 7.92. The summed E-state index contributed by atoms with van der Waals surface area (Å²) < 4.78 is 32.8. The van der Waals surface area contributed by atoms with Crippen LogP contribution >= 0.6 is 11.3 Å². The number of thiazole rings is 1. The Morgan fingerprint density at radius 2 is 1.92 bits per heavy atom. The van der Waals surface area contributed by atoms with Crippen molar-refractivity contribution in [2.24, 2.45) is 0 Å². The van der Waals surface area contributed by atoms with Crippen molar-refractivity contribution in [1.82, 2.24) is 4.98 Å². The minimum atomic E-state index is -3.83. The van der Waals surface area contributed by atoms with E-state index in [1.165, 1.54) is 24.3 Å². The second-order valence-corrected chi connectivity index (χ2v) is 7.82. The molecule has 1 amide bonds. The van der Waals surface area contributed by atoms with Crippen molar-refractivity contribution >= 4 is 38.1 Å². The SMILES string of the molecule is CC(=O)Nc1nc(C)c(-c2ccc(S(=O)(=O)Nc3ccccc3)o2)s1.[HH].[HH]. The molecule has 0 saturated heterocycles. The minimum absolute atomic E-state index is 0. The monoisotopic (exact) mass is 381 g/mol. The van der Waals surface area contributed by atoms with E-state index in [2.05, 4.69) is 15.0 Å².